The van der Waals surface area contributed by atoms with Crippen LogP contribution in [0.15, 0.2) is 60.7 Å². The number of rotatable bonds is 4. The van der Waals surface area contributed by atoms with Gasteiger partial charge in [0.2, 0.25) is 0 Å². The van der Waals surface area contributed by atoms with Gasteiger partial charge in [0.15, 0.2) is 0 Å². The molecule has 0 saturated heterocycles. The first-order valence-corrected chi connectivity index (χ1v) is 6.54. The normalized spacial score (nSPS) is 11.5. The Bertz CT molecular complexity index is 599. The number of hydrogen-bond donors (Lipinski definition) is 3. The summed E-state index contributed by atoms with van der Waals surface area (Å²) in [4.78, 5) is 23.3. The number of carbonyl (C=O) groups excluding carboxylic acids is 2. The maximum Gasteiger partial charge on any atom is 0.313 e. The van der Waals surface area contributed by atoms with Gasteiger partial charge in [-0.3, -0.25) is 9.59 Å². The Labute approximate surface area is 122 Å². The number of aliphatic hydroxyl groups excluding tert-OH is 1. The summed E-state index contributed by atoms with van der Waals surface area (Å²) < 4.78 is 0. The number of hydrogen-bond acceptors (Lipinski definition) is 3. The minimum Gasteiger partial charge on any atom is -0.387 e. The summed E-state index contributed by atoms with van der Waals surface area (Å²) in [6.45, 7) is -0.0228. The molecular formula is C16H16N2O3. The largest absolute Gasteiger partial charge is 0.387 e. The van der Waals surface area contributed by atoms with E-state index in [0.717, 1.165) is 0 Å². The van der Waals surface area contributed by atoms with Crippen molar-refractivity contribution in [2.45, 2.75) is 6.10 Å². The lowest BCUT2D eigenvalue weighted by molar-refractivity contribution is -0.136. The van der Waals surface area contributed by atoms with Gasteiger partial charge in [-0.1, -0.05) is 48.5 Å². The molecule has 1 atom stereocenters. The zero-order valence-corrected chi connectivity index (χ0v) is 11.3. The lowest BCUT2D eigenvalue weighted by Crippen LogP contribution is -2.37. The zero-order chi connectivity index (χ0) is 15.1. The van der Waals surface area contributed by atoms with Crippen molar-refractivity contribution < 1.29 is 14.7 Å². The quantitative estimate of drug-likeness (QED) is 0.744. The van der Waals surface area contributed by atoms with Crippen molar-refractivity contribution in [3.8, 4) is 0 Å². The third kappa shape index (κ3) is 4.43. The predicted molar refractivity (Wildman–Crippen MR) is 79.5 cm³/mol. The van der Waals surface area contributed by atoms with E-state index in [-0.39, 0.29) is 6.54 Å². The highest BCUT2D eigenvalue weighted by molar-refractivity contribution is 6.39. The molecule has 3 N–H and O–H groups in total. The second-order valence-corrected chi connectivity index (χ2v) is 4.46. The highest BCUT2D eigenvalue weighted by Gasteiger charge is 2.15. The molecule has 0 aromatic heterocycles. The first-order chi connectivity index (χ1) is 10.2. The van der Waals surface area contributed by atoms with Crippen LogP contribution >= 0.6 is 0 Å². The molecular weight excluding hydrogens is 268 g/mol. The molecule has 0 aliphatic carbocycles. The van der Waals surface area contributed by atoms with Crippen LogP contribution in [0.4, 0.5) is 5.69 Å². The van der Waals surface area contributed by atoms with Crippen LogP contribution in [0.1, 0.15) is 11.7 Å². The second-order valence-electron chi connectivity index (χ2n) is 4.46. The molecule has 2 aromatic rings. The van der Waals surface area contributed by atoms with Gasteiger partial charge in [-0.25, -0.2) is 0 Å². The Morgan fingerprint density at radius 3 is 2.10 bits per heavy atom. The Balaban J connectivity index is 1.83. The van der Waals surface area contributed by atoms with E-state index in [9.17, 15) is 14.7 Å². The molecule has 5 nitrogen and oxygen atoms in total. The van der Waals surface area contributed by atoms with Crippen molar-refractivity contribution in [2.24, 2.45) is 0 Å². The molecule has 0 fully saturated rings. The van der Waals surface area contributed by atoms with Crippen LogP contribution in [0.25, 0.3) is 0 Å². The molecule has 2 amide bonds. The Kier molecular flexibility index (Phi) is 5.06. The van der Waals surface area contributed by atoms with E-state index < -0.39 is 17.9 Å². The standard InChI is InChI=1S/C16H16N2O3/c19-14(12-7-3-1-4-8-12)11-17-15(20)16(21)18-13-9-5-2-6-10-13/h1-10,14,19H,11H2,(H,17,20)(H,18,21)/t14-/m1/s1. The first-order valence-electron chi connectivity index (χ1n) is 6.54. The minimum absolute atomic E-state index is 0.0228. The molecule has 2 rings (SSSR count). The fraction of sp³-hybridized carbons (Fsp3) is 0.125. The number of carbonyl (C=O) groups is 2. The van der Waals surface area contributed by atoms with Crippen molar-refractivity contribution in [1.82, 2.24) is 5.32 Å². The minimum atomic E-state index is -0.848. The van der Waals surface area contributed by atoms with Gasteiger partial charge in [-0.15, -0.1) is 0 Å². The molecule has 108 valence electrons. The number of amides is 2. The number of benzene rings is 2. The topological polar surface area (TPSA) is 78.4 Å². The van der Waals surface area contributed by atoms with Crippen molar-refractivity contribution in [3.05, 3.63) is 66.2 Å². The number of para-hydroxylation sites is 1. The van der Waals surface area contributed by atoms with Gasteiger partial charge in [-0.05, 0) is 17.7 Å². The van der Waals surface area contributed by atoms with Crippen molar-refractivity contribution in [2.75, 3.05) is 11.9 Å². The van der Waals surface area contributed by atoms with Crippen molar-refractivity contribution in [3.63, 3.8) is 0 Å². The van der Waals surface area contributed by atoms with Crippen LogP contribution < -0.4 is 10.6 Å². The van der Waals surface area contributed by atoms with Crippen LogP contribution in [-0.2, 0) is 9.59 Å². The number of nitrogens with one attached hydrogen (secondary N) is 2. The zero-order valence-electron chi connectivity index (χ0n) is 11.3. The summed E-state index contributed by atoms with van der Waals surface area (Å²) in [5, 5.41) is 14.8. The molecule has 0 radical (unpaired) electrons. The highest BCUT2D eigenvalue weighted by Crippen LogP contribution is 2.10. The molecule has 2 aromatic carbocycles. The summed E-state index contributed by atoms with van der Waals surface area (Å²) >= 11 is 0. The van der Waals surface area contributed by atoms with E-state index in [1.54, 1.807) is 48.5 Å². The highest BCUT2D eigenvalue weighted by atomic mass is 16.3. The maximum absolute atomic E-state index is 11.7. The van der Waals surface area contributed by atoms with Crippen molar-refractivity contribution in [1.29, 1.82) is 0 Å². The van der Waals surface area contributed by atoms with Gasteiger partial charge >= 0.3 is 11.8 Å². The summed E-state index contributed by atoms with van der Waals surface area (Å²) in [7, 11) is 0. The van der Waals surface area contributed by atoms with E-state index in [0.29, 0.717) is 11.3 Å². The summed E-state index contributed by atoms with van der Waals surface area (Å²) in [5.74, 6) is -1.55. The molecule has 0 bridgehead atoms. The van der Waals surface area contributed by atoms with E-state index in [2.05, 4.69) is 10.6 Å². The van der Waals surface area contributed by atoms with E-state index >= 15 is 0 Å². The maximum atomic E-state index is 11.7. The monoisotopic (exact) mass is 284 g/mol. The van der Waals surface area contributed by atoms with Gasteiger partial charge in [0.1, 0.15) is 0 Å². The van der Waals surface area contributed by atoms with Crippen LogP contribution in [0.5, 0.6) is 0 Å². The van der Waals surface area contributed by atoms with Crippen LogP contribution in [0, 0.1) is 0 Å². The Morgan fingerprint density at radius 1 is 0.905 bits per heavy atom. The van der Waals surface area contributed by atoms with Gasteiger partial charge in [-0.2, -0.15) is 0 Å². The average molecular weight is 284 g/mol. The predicted octanol–water partition coefficient (Wildman–Crippen LogP) is 1.47. The molecule has 0 aliphatic rings. The molecule has 5 heteroatoms. The number of anilines is 1. The fourth-order valence-corrected chi connectivity index (χ4v) is 1.77. The Hall–Kier alpha value is -2.66. The summed E-state index contributed by atoms with van der Waals surface area (Å²) in [6.07, 6.45) is -0.848. The molecule has 0 aliphatic heterocycles. The Morgan fingerprint density at radius 2 is 1.48 bits per heavy atom. The summed E-state index contributed by atoms with van der Waals surface area (Å²) in [6, 6.07) is 17.6. The van der Waals surface area contributed by atoms with Crippen LogP contribution in [0.3, 0.4) is 0 Å². The smallest absolute Gasteiger partial charge is 0.313 e. The van der Waals surface area contributed by atoms with Crippen LogP contribution in [0.2, 0.25) is 0 Å². The molecule has 0 saturated carbocycles. The van der Waals surface area contributed by atoms with Gasteiger partial charge in [0, 0.05) is 12.2 Å². The van der Waals surface area contributed by atoms with Gasteiger partial charge in [0.05, 0.1) is 6.10 Å². The average Bonchev–Trinajstić information content (AvgIpc) is 2.54. The lowest BCUT2D eigenvalue weighted by Gasteiger charge is -2.12. The molecule has 0 unspecified atom stereocenters. The van der Waals surface area contributed by atoms with E-state index in [1.165, 1.54) is 0 Å². The SMILES string of the molecule is O=C(NC[C@@H](O)c1ccccc1)C(=O)Nc1ccccc1. The number of aliphatic hydroxyl groups is 1. The van der Waals surface area contributed by atoms with Crippen molar-refractivity contribution >= 4 is 17.5 Å². The second kappa shape index (κ2) is 7.21. The van der Waals surface area contributed by atoms with E-state index in [1.807, 2.05) is 12.1 Å². The van der Waals surface area contributed by atoms with Gasteiger partial charge in [0.25, 0.3) is 0 Å². The molecule has 0 heterocycles. The first kappa shape index (κ1) is 14.7. The van der Waals surface area contributed by atoms with Gasteiger partial charge < -0.3 is 15.7 Å². The third-order valence-electron chi connectivity index (χ3n) is 2.88. The lowest BCUT2D eigenvalue weighted by atomic mass is 10.1. The van der Waals surface area contributed by atoms with Crippen LogP contribution in [-0.4, -0.2) is 23.5 Å². The van der Waals surface area contributed by atoms with E-state index in [4.69, 9.17) is 0 Å². The summed E-state index contributed by atoms with van der Waals surface area (Å²) in [5.41, 5.74) is 1.22. The molecule has 21 heavy (non-hydrogen) atoms. The fourth-order valence-electron chi connectivity index (χ4n) is 1.77. The molecule has 0 spiro atoms. The third-order valence-corrected chi connectivity index (χ3v) is 2.88.